The fourth-order valence-electron chi connectivity index (χ4n) is 4.53. The minimum absolute atomic E-state index is 0.0260. The number of carbonyl (C=O) groups excluding carboxylic acids is 1. The van der Waals surface area contributed by atoms with E-state index in [1.807, 2.05) is 78.6 Å². The molecule has 166 valence electrons. The van der Waals surface area contributed by atoms with Gasteiger partial charge in [-0.15, -0.1) is 0 Å². The van der Waals surface area contributed by atoms with Gasteiger partial charge in [0.15, 0.2) is 11.7 Å². The van der Waals surface area contributed by atoms with Gasteiger partial charge in [0.2, 0.25) is 5.91 Å². The Balaban J connectivity index is 1.36. The maximum Gasteiger partial charge on any atom is 0.223 e. The number of aromatic nitrogens is 1. The maximum atomic E-state index is 13.8. The molecule has 33 heavy (non-hydrogen) atoms. The van der Waals surface area contributed by atoms with E-state index in [9.17, 15) is 9.18 Å². The second kappa shape index (κ2) is 9.02. The Morgan fingerprint density at radius 1 is 1.03 bits per heavy atom. The van der Waals surface area contributed by atoms with E-state index in [0.717, 1.165) is 34.4 Å². The van der Waals surface area contributed by atoms with Gasteiger partial charge in [0, 0.05) is 30.5 Å². The van der Waals surface area contributed by atoms with Crippen molar-refractivity contribution < 1.29 is 13.6 Å². The normalized spacial score (nSPS) is 15.3. The molecule has 0 spiro atoms. The average molecular weight is 441 g/mol. The van der Waals surface area contributed by atoms with E-state index in [4.69, 9.17) is 9.40 Å². The molecule has 1 aliphatic rings. The number of hydrogen-bond acceptors (Lipinski definition) is 3. The summed E-state index contributed by atoms with van der Waals surface area (Å²) in [5.41, 5.74) is 4.70. The summed E-state index contributed by atoms with van der Waals surface area (Å²) in [5.74, 6) is 1.01. The smallest absolute Gasteiger partial charge is 0.223 e. The van der Waals surface area contributed by atoms with Crippen LogP contribution >= 0.6 is 0 Å². The third-order valence-corrected chi connectivity index (χ3v) is 6.28. The van der Waals surface area contributed by atoms with Gasteiger partial charge in [0.25, 0.3) is 0 Å². The largest absolute Gasteiger partial charge is 0.440 e. The zero-order valence-corrected chi connectivity index (χ0v) is 18.5. The molecule has 0 N–H and O–H groups in total. The molecule has 0 bridgehead atoms. The molecule has 0 aliphatic carbocycles. The van der Waals surface area contributed by atoms with Gasteiger partial charge in [-0.1, -0.05) is 66.7 Å². The number of amides is 1. The van der Waals surface area contributed by atoms with Crippen molar-refractivity contribution in [2.45, 2.75) is 32.2 Å². The number of rotatable bonds is 5. The highest BCUT2D eigenvalue weighted by molar-refractivity contribution is 5.78. The summed E-state index contributed by atoms with van der Waals surface area (Å²) < 4.78 is 19.9. The number of nitrogens with zero attached hydrogens (tertiary/aromatic N) is 2. The van der Waals surface area contributed by atoms with E-state index >= 15 is 0 Å². The van der Waals surface area contributed by atoms with E-state index in [0.29, 0.717) is 24.6 Å². The quantitative estimate of drug-likeness (QED) is 0.370. The van der Waals surface area contributed by atoms with Crippen molar-refractivity contribution in [3.8, 4) is 22.6 Å². The third-order valence-electron chi connectivity index (χ3n) is 6.28. The Kier molecular flexibility index (Phi) is 5.78. The van der Waals surface area contributed by atoms with Crippen LogP contribution in [0.4, 0.5) is 4.39 Å². The van der Waals surface area contributed by atoms with Gasteiger partial charge in [-0.25, -0.2) is 9.37 Å². The summed E-state index contributed by atoms with van der Waals surface area (Å²) >= 11 is 0. The van der Waals surface area contributed by atoms with Crippen molar-refractivity contribution in [1.82, 2.24) is 9.88 Å². The minimum Gasteiger partial charge on any atom is -0.440 e. The summed E-state index contributed by atoms with van der Waals surface area (Å²) in [6.07, 6.45) is 1.43. The Bertz CT molecular complexity index is 1210. The lowest BCUT2D eigenvalue weighted by atomic mass is 9.93. The molecular weight excluding hydrogens is 415 g/mol. The molecule has 0 saturated carbocycles. The topological polar surface area (TPSA) is 46.3 Å². The highest BCUT2D eigenvalue weighted by Gasteiger charge is 2.28. The number of aryl methyl sites for hydroxylation is 1. The van der Waals surface area contributed by atoms with Crippen LogP contribution in [0.15, 0.2) is 83.3 Å². The lowest BCUT2D eigenvalue weighted by Gasteiger charge is -2.35. The molecule has 4 nitrogen and oxygen atoms in total. The molecule has 1 atom stereocenters. The van der Waals surface area contributed by atoms with Crippen LogP contribution in [-0.4, -0.2) is 22.3 Å². The first-order valence-electron chi connectivity index (χ1n) is 11.3. The van der Waals surface area contributed by atoms with E-state index in [-0.39, 0.29) is 24.2 Å². The molecule has 1 aliphatic heterocycles. The minimum atomic E-state index is -0.267. The van der Waals surface area contributed by atoms with Crippen LogP contribution in [-0.2, 0) is 17.6 Å². The highest BCUT2D eigenvalue weighted by Crippen LogP contribution is 2.34. The van der Waals surface area contributed by atoms with E-state index in [1.165, 1.54) is 6.07 Å². The average Bonchev–Trinajstić information content (AvgIpc) is 3.29. The number of carbonyl (C=O) groups is 1. The van der Waals surface area contributed by atoms with Crippen LogP contribution in [0, 0.1) is 5.82 Å². The van der Waals surface area contributed by atoms with Crippen molar-refractivity contribution in [2.24, 2.45) is 0 Å². The van der Waals surface area contributed by atoms with Crippen LogP contribution < -0.4 is 0 Å². The molecule has 0 saturated heterocycles. The lowest BCUT2D eigenvalue weighted by Crippen LogP contribution is -2.39. The summed E-state index contributed by atoms with van der Waals surface area (Å²) in [4.78, 5) is 19.7. The number of benzene rings is 3. The van der Waals surface area contributed by atoms with Crippen LogP contribution in [0.5, 0.6) is 0 Å². The van der Waals surface area contributed by atoms with Crippen molar-refractivity contribution in [1.29, 1.82) is 0 Å². The Morgan fingerprint density at radius 2 is 1.73 bits per heavy atom. The molecule has 0 fully saturated rings. The monoisotopic (exact) mass is 440 g/mol. The zero-order valence-electron chi connectivity index (χ0n) is 18.5. The second-order valence-corrected chi connectivity index (χ2v) is 8.37. The van der Waals surface area contributed by atoms with Gasteiger partial charge in [0.05, 0.1) is 6.04 Å². The number of halogens is 1. The van der Waals surface area contributed by atoms with Gasteiger partial charge in [0.1, 0.15) is 11.5 Å². The number of fused-ring (bicyclic) bond motifs is 1. The zero-order chi connectivity index (χ0) is 22.8. The first-order valence-corrected chi connectivity index (χ1v) is 11.3. The standard InChI is InChI=1S/C28H25FN2O2/c1-19-24-18-23(29)13-12-20(24)16-17-31(19)26(32)15-14-25-30-27(21-8-4-2-5-9-21)28(33-25)22-10-6-3-7-11-22/h2-13,18-19H,14-17H2,1H3. The van der Waals surface area contributed by atoms with Crippen molar-refractivity contribution in [3.63, 3.8) is 0 Å². The molecule has 2 heterocycles. The van der Waals surface area contributed by atoms with Crippen LogP contribution in [0.2, 0.25) is 0 Å². The fraction of sp³-hybridized carbons (Fsp3) is 0.214. The highest BCUT2D eigenvalue weighted by atomic mass is 19.1. The van der Waals surface area contributed by atoms with E-state index in [2.05, 4.69) is 0 Å². The fourth-order valence-corrected chi connectivity index (χ4v) is 4.53. The molecule has 3 aromatic carbocycles. The Morgan fingerprint density at radius 3 is 2.45 bits per heavy atom. The molecule has 5 heteroatoms. The Hall–Kier alpha value is -3.73. The summed E-state index contributed by atoms with van der Waals surface area (Å²) in [5, 5.41) is 0. The molecule has 4 aromatic rings. The number of oxazole rings is 1. The Labute approximate surface area is 192 Å². The lowest BCUT2D eigenvalue weighted by molar-refractivity contribution is -0.133. The van der Waals surface area contributed by atoms with Crippen molar-refractivity contribution >= 4 is 5.91 Å². The van der Waals surface area contributed by atoms with Gasteiger partial charge < -0.3 is 9.32 Å². The second-order valence-electron chi connectivity index (χ2n) is 8.37. The SMILES string of the molecule is CC1c2cc(F)ccc2CCN1C(=O)CCc1nc(-c2ccccc2)c(-c2ccccc2)o1. The molecule has 0 radical (unpaired) electrons. The molecule has 5 rings (SSSR count). The number of hydrogen-bond donors (Lipinski definition) is 0. The van der Waals surface area contributed by atoms with Crippen molar-refractivity contribution in [3.05, 3.63) is 102 Å². The predicted octanol–water partition coefficient (Wildman–Crippen LogP) is 6.23. The maximum absolute atomic E-state index is 13.8. The summed E-state index contributed by atoms with van der Waals surface area (Å²) in [6, 6.07) is 24.5. The molecule has 1 unspecified atom stereocenters. The first-order chi connectivity index (χ1) is 16.1. The van der Waals surface area contributed by atoms with Crippen LogP contribution in [0.3, 0.4) is 0 Å². The summed E-state index contributed by atoms with van der Waals surface area (Å²) in [6.45, 7) is 2.59. The van der Waals surface area contributed by atoms with Crippen molar-refractivity contribution in [2.75, 3.05) is 6.54 Å². The molecule has 1 aromatic heterocycles. The summed E-state index contributed by atoms with van der Waals surface area (Å²) in [7, 11) is 0. The van der Waals surface area contributed by atoms with Gasteiger partial charge in [-0.05, 0) is 36.6 Å². The molecular formula is C28H25FN2O2. The van der Waals surface area contributed by atoms with Gasteiger partial charge in [-0.2, -0.15) is 0 Å². The van der Waals surface area contributed by atoms with Gasteiger partial charge in [-0.3, -0.25) is 4.79 Å². The van der Waals surface area contributed by atoms with Crippen LogP contribution in [0.1, 0.15) is 36.4 Å². The first kappa shape index (κ1) is 21.1. The van der Waals surface area contributed by atoms with Gasteiger partial charge >= 0.3 is 0 Å². The molecule has 1 amide bonds. The van der Waals surface area contributed by atoms with E-state index < -0.39 is 0 Å². The van der Waals surface area contributed by atoms with Crippen LogP contribution in [0.25, 0.3) is 22.6 Å². The predicted molar refractivity (Wildman–Crippen MR) is 126 cm³/mol. The third kappa shape index (κ3) is 4.31. The van der Waals surface area contributed by atoms with E-state index in [1.54, 1.807) is 6.07 Å².